The van der Waals surface area contributed by atoms with Crippen molar-refractivity contribution in [3.63, 3.8) is 0 Å². The first-order valence-electron chi connectivity index (χ1n) is 5.59. The standard InChI is InChI=1S/C11H22N2O/c1-9(12)6-7-11(14)13(2)8-10-4-3-5-10/h9-10H,3-8,12H2,1-2H3. The quantitative estimate of drug-likeness (QED) is 0.725. The van der Waals surface area contributed by atoms with Gasteiger partial charge in [0.25, 0.3) is 0 Å². The van der Waals surface area contributed by atoms with Gasteiger partial charge in [0.05, 0.1) is 0 Å². The Labute approximate surface area is 86.6 Å². The molecule has 3 nitrogen and oxygen atoms in total. The van der Waals surface area contributed by atoms with Gasteiger partial charge < -0.3 is 10.6 Å². The van der Waals surface area contributed by atoms with Crippen LogP contribution < -0.4 is 5.73 Å². The van der Waals surface area contributed by atoms with Gasteiger partial charge in [-0.1, -0.05) is 6.42 Å². The van der Waals surface area contributed by atoms with Crippen molar-refractivity contribution in [3.05, 3.63) is 0 Å². The fourth-order valence-corrected chi connectivity index (χ4v) is 1.71. The van der Waals surface area contributed by atoms with Crippen LogP contribution in [0.2, 0.25) is 0 Å². The van der Waals surface area contributed by atoms with Crippen molar-refractivity contribution >= 4 is 5.91 Å². The SMILES string of the molecule is CC(N)CCC(=O)N(C)CC1CCC1. The first-order valence-corrected chi connectivity index (χ1v) is 5.59. The molecule has 1 aliphatic carbocycles. The van der Waals surface area contributed by atoms with E-state index < -0.39 is 0 Å². The number of nitrogens with two attached hydrogens (primary N) is 1. The molecule has 0 aromatic heterocycles. The second-order valence-electron chi connectivity index (χ2n) is 4.59. The summed E-state index contributed by atoms with van der Waals surface area (Å²) in [6.07, 6.45) is 5.33. The summed E-state index contributed by atoms with van der Waals surface area (Å²) in [6, 6.07) is 0.135. The molecule has 0 aromatic carbocycles. The molecule has 0 aromatic rings. The van der Waals surface area contributed by atoms with E-state index in [1.807, 2.05) is 18.9 Å². The maximum absolute atomic E-state index is 11.6. The lowest BCUT2D eigenvalue weighted by Gasteiger charge is -2.30. The van der Waals surface area contributed by atoms with E-state index in [1.54, 1.807) is 0 Å². The molecular formula is C11H22N2O. The molecular weight excluding hydrogens is 176 g/mol. The second kappa shape index (κ2) is 5.35. The van der Waals surface area contributed by atoms with Gasteiger partial charge in [0.2, 0.25) is 5.91 Å². The number of hydrogen-bond donors (Lipinski definition) is 1. The Bertz CT molecular complexity index is 188. The highest BCUT2D eigenvalue weighted by Gasteiger charge is 2.21. The number of carbonyl (C=O) groups excluding carboxylic acids is 1. The van der Waals surface area contributed by atoms with Crippen LogP contribution in [0.3, 0.4) is 0 Å². The molecule has 1 amide bonds. The largest absolute Gasteiger partial charge is 0.345 e. The highest BCUT2D eigenvalue weighted by Crippen LogP contribution is 2.26. The van der Waals surface area contributed by atoms with E-state index in [0.29, 0.717) is 6.42 Å². The highest BCUT2D eigenvalue weighted by atomic mass is 16.2. The molecule has 3 heteroatoms. The fraction of sp³-hybridized carbons (Fsp3) is 0.909. The van der Waals surface area contributed by atoms with Gasteiger partial charge in [0.1, 0.15) is 0 Å². The lowest BCUT2D eigenvalue weighted by molar-refractivity contribution is -0.131. The van der Waals surface area contributed by atoms with Crippen molar-refractivity contribution in [2.24, 2.45) is 11.7 Å². The first kappa shape index (κ1) is 11.5. The zero-order valence-electron chi connectivity index (χ0n) is 9.33. The average Bonchev–Trinajstić information content (AvgIpc) is 2.06. The van der Waals surface area contributed by atoms with E-state index in [2.05, 4.69) is 0 Å². The highest BCUT2D eigenvalue weighted by molar-refractivity contribution is 5.75. The summed E-state index contributed by atoms with van der Waals surface area (Å²) in [4.78, 5) is 13.5. The number of hydrogen-bond acceptors (Lipinski definition) is 2. The maximum atomic E-state index is 11.6. The van der Waals surface area contributed by atoms with E-state index in [0.717, 1.165) is 18.9 Å². The minimum atomic E-state index is 0.135. The van der Waals surface area contributed by atoms with E-state index in [-0.39, 0.29) is 11.9 Å². The van der Waals surface area contributed by atoms with Crippen LogP contribution in [0.25, 0.3) is 0 Å². The summed E-state index contributed by atoms with van der Waals surface area (Å²) in [7, 11) is 1.90. The van der Waals surface area contributed by atoms with Crippen LogP contribution >= 0.6 is 0 Å². The van der Waals surface area contributed by atoms with Gasteiger partial charge in [0.15, 0.2) is 0 Å². The molecule has 0 spiro atoms. The normalized spacial score (nSPS) is 18.8. The summed E-state index contributed by atoms with van der Waals surface area (Å²) < 4.78 is 0. The third-order valence-corrected chi connectivity index (χ3v) is 3.00. The van der Waals surface area contributed by atoms with Crippen LogP contribution in [0.4, 0.5) is 0 Å². The van der Waals surface area contributed by atoms with E-state index >= 15 is 0 Å². The molecule has 0 aliphatic heterocycles. The van der Waals surface area contributed by atoms with Gasteiger partial charge in [-0.3, -0.25) is 4.79 Å². The second-order valence-corrected chi connectivity index (χ2v) is 4.59. The Morgan fingerprint density at radius 3 is 2.64 bits per heavy atom. The van der Waals surface area contributed by atoms with Crippen LogP contribution in [0.5, 0.6) is 0 Å². The van der Waals surface area contributed by atoms with Crippen LogP contribution in [0.15, 0.2) is 0 Å². The lowest BCUT2D eigenvalue weighted by Crippen LogP contribution is -2.34. The average molecular weight is 198 g/mol. The van der Waals surface area contributed by atoms with E-state index in [4.69, 9.17) is 5.73 Å². The van der Waals surface area contributed by atoms with Crippen molar-refractivity contribution in [1.82, 2.24) is 4.90 Å². The molecule has 0 bridgehead atoms. The number of rotatable bonds is 5. The van der Waals surface area contributed by atoms with E-state index in [9.17, 15) is 4.79 Å². The minimum absolute atomic E-state index is 0.135. The lowest BCUT2D eigenvalue weighted by atomic mass is 9.85. The molecule has 1 atom stereocenters. The monoisotopic (exact) mass is 198 g/mol. The van der Waals surface area contributed by atoms with Crippen LogP contribution in [-0.4, -0.2) is 30.4 Å². The Morgan fingerprint density at radius 2 is 2.21 bits per heavy atom. The van der Waals surface area contributed by atoms with Crippen molar-refractivity contribution in [1.29, 1.82) is 0 Å². The fourth-order valence-electron chi connectivity index (χ4n) is 1.71. The Balaban J connectivity index is 2.14. The summed E-state index contributed by atoms with van der Waals surface area (Å²) in [5, 5.41) is 0. The number of carbonyl (C=O) groups is 1. The van der Waals surface area contributed by atoms with Crippen molar-refractivity contribution < 1.29 is 4.79 Å². The van der Waals surface area contributed by atoms with Crippen molar-refractivity contribution in [3.8, 4) is 0 Å². The van der Waals surface area contributed by atoms with Crippen LogP contribution in [-0.2, 0) is 4.79 Å². The van der Waals surface area contributed by atoms with Crippen molar-refractivity contribution in [2.45, 2.75) is 45.1 Å². The van der Waals surface area contributed by atoms with Gasteiger partial charge in [-0.05, 0) is 32.1 Å². The summed E-state index contributed by atoms with van der Waals surface area (Å²) >= 11 is 0. The topological polar surface area (TPSA) is 46.3 Å². The Kier molecular flexibility index (Phi) is 4.39. The van der Waals surface area contributed by atoms with Gasteiger partial charge in [-0.25, -0.2) is 0 Å². The summed E-state index contributed by atoms with van der Waals surface area (Å²) in [6.45, 7) is 2.89. The molecule has 1 saturated carbocycles. The molecule has 0 heterocycles. The third kappa shape index (κ3) is 3.66. The molecule has 0 saturated heterocycles. The number of amides is 1. The summed E-state index contributed by atoms with van der Waals surface area (Å²) in [5.41, 5.74) is 5.61. The first-order chi connectivity index (χ1) is 6.59. The van der Waals surface area contributed by atoms with Crippen molar-refractivity contribution in [2.75, 3.05) is 13.6 Å². The van der Waals surface area contributed by atoms with Gasteiger partial charge in [0, 0.05) is 26.1 Å². The number of nitrogens with zero attached hydrogens (tertiary/aromatic N) is 1. The zero-order valence-corrected chi connectivity index (χ0v) is 9.33. The smallest absolute Gasteiger partial charge is 0.222 e. The predicted octanol–water partition coefficient (Wildman–Crippen LogP) is 1.37. The molecule has 0 radical (unpaired) electrons. The van der Waals surface area contributed by atoms with Crippen LogP contribution in [0, 0.1) is 5.92 Å². The molecule has 1 rings (SSSR count). The molecule has 1 aliphatic rings. The molecule has 1 unspecified atom stereocenters. The molecule has 14 heavy (non-hydrogen) atoms. The molecule has 1 fully saturated rings. The Morgan fingerprint density at radius 1 is 1.57 bits per heavy atom. The van der Waals surface area contributed by atoms with Gasteiger partial charge in [-0.2, -0.15) is 0 Å². The molecule has 2 N–H and O–H groups in total. The van der Waals surface area contributed by atoms with E-state index in [1.165, 1.54) is 19.3 Å². The maximum Gasteiger partial charge on any atom is 0.222 e. The predicted molar refractivity (Wildman–Crippen MR) is 57.9 cm³/mol. The summed E-state index contributed by atoms with van der Waals surface area (Å²) in [5.74, 6) is 1.01. The Hall–Kier alpha value is -0.570. The molecule has 82 valence electrons. The van der Waals surface area contributed by atoms with Crippen LogP contribution in [0.1, 0.15) is 39.0 Å². The zero-order chi connectivity index (χ0) is 10.6. The third-order valence-electron chi connectivity index (χ3n) is 3.00. The minimum Gasteiger partial charge on any atom is -0.345 e. The van der Waals surface area contributed by atoms with Gasteiger partial charge in [-0.15, -0.1) is 0 Å². The van der Waals surface area contributed by atoms with Gasteiger partial charge >= 0.3 is 0 Å².